The minimum Gasteiger partial charge on any atom is -0.497 e. The van der Waals surface area contributed by atoms with E-state index in [4.69, 9.17) is 9.47 Å². The molecule has 33 heavy (non-hydrogen) atoms. The minimum absolute atomic E-state index is 0.0105. The molecular weight excluding hydrogens is 440 g/mol. The fourth-order valence-electron chi connectivity index (χ4n) is 3.57. The van der Waals surface area contributed by atoms with Crippen LogP contribution in [-0.4, -0.2) is 35.3 Å². The molecule has 0 unspecified atom stereocenters. The average Bonchev–Trinajstić information content (AvgIpc) is 3.41. The summed E-state index contributed by atoms with van der Waals surface area (Å²) in [5.74, 6) is 2.86. The SMILES string of the molecule is CCOc1ccccc1C(=O)Nc1c2c(nn1CC(=O)NCc1ccc(OC)cc1)CSC2. The van der Waals surface area contributed by atoms with Crippen molar-refractivity contribution < 1.29 is 19.1 Å². The monoisotopic (exact) mass is 466 g/mol. The van der Waals surface area contributed by atoms with Crippen molar-refractivity contribution in [2.75, 3.05) is 19.0 Å². The number of carbonyl (C=O) groups is 2. The zero-order valence-electron chi connectivity index (χ0n) is 18.6. The lowest BCUT2D eigenvalue weighted by Crippen LogP contribution is -2.29. The Hall–Kier alpha value is -3.46. The van der Waals surface area contributed by atoms with Crippen LogP contribution < -0.4 is 20.1 Å². The smallest absolute Gasteiger partial charge is 0.260 e. The van der Waals surface area contributed by atoms with Crippen LogP contribution in [0.25, 0.3) is 0 Å². The summed E-state index contributed by atoms with van der Waals surface area (Å²) in [7, 11) is 1.61. The number of fused-ring (bicyclic) bond motifs is 1. The van der Waals surface area contributed by atoms with Gasteiger partial charge in [-0.25, -0.2) is 4.68 Å². The van der Waals surface area contributed by atoms with Crippen LogP contribution in [0.5, 0.6) is 11.5 Å². The number of hydrogen-bond donors (Lipinski definition) is 2. The number of rotatable bonds is 9. The number of anilines is 1. The zero-order chi connectivity index (χ0) is 23.2. The molecule has 1 aromatic heterocycles. The molecule has 0 spiro atoms. The van der Waals surface area contributed by atoms with Crippen LogP contribution in [0.4, 0.5) is 5.82 Å². The van der Waals surface area contributed by atoms with E-state index in [9.17, 15) is 9.59 Å². The number of nitrogens with one attached hydrogen (secondary N) is 2. The van der Waals surface area contributed by atoms with E-state index >= 15 is 0 Å². The molecule has 2 heterocycles. The van der Waals surface area contributed by atoms with Crippen molar-refractivity contribution in [1.82, 2.24) is 15.1 Å². The van der Waals surface area contributed by atoms with Crippen molar-refractivity contribution in [3.8, 4) is 11.5 Å². The maximum Gasteiger partial charge on any atom is 0.260 e. The van der Waals surface area contributed by atoms with Gasteiger partial charge < -0.3 is 20.1 Å². The summed E-state index contributed by atoms with van der Waals surface area (Å²) >= 11 is 1.73. The summed E-state index contributed by atoms with van der Waals surface area (Å²) in [5, 5.41) is 10.5. The number of amides is 2. The van der Waals surface area contributed by atoms with Gasteiger partial charge in [0.25, 0.3) is 5.91 Å². The summed E-state index contributed by atoms with van der Waals surface area (Å²) in [6.45, 7) is 2.74. The summed E-state index contributed by atoms with van der Waals surface area (Å²) in [5.41, 5.74) is 3.27. The van der Waals surface area contributed by atoms with Crippen LogP contribution in [-0.2, 0) is 29.4 Å². The number of aromatic nitrogens is 2. The fraction of sp³-hybridized carbons (Fsp3) is 0.292. The summed E-state index contributed by atoms with van der Waals surface area (Å²) in [6, 6.07) is 14.6. The van der Waals surface area contributed by atoms with Gasteiger partial charge in [0.05, 0.1) is 25.0 Å². The largest absolute Gasteiger partial charge is 0.497 e. The van der Waals surface area contributed by atoms with Gasteiger partial charge in [0.1, 0.15) is 23.9 Å². The Balaban J connectivity index is 1.47. The normalized spacial score (nSPS) is 12.2. The number of carbonyl (C=O) groups excluding carboxylic acids is 2. The van der Waals surface area contributed by atoms with Crippen molar-refractivity contribution in [2.45, 2.75) is 31.5 Å². The van der Waals surface area contributed by atoms with Crippen molar-refractivity contribution in [1.29, 1.82) is 0 Å². The quantitative estimate of drug-likeness (QED) is 0.500. The molecule has 1 aliphatic rings. The Bertz CT molecular complexity index is 1140. The summed E-state index contributed by atoms with van der Waals surface area (Å²) < 4.78 is 12.3. The maximum atomic E-state index is 13.1. The van der Waals surface area contributed by atoms with Gasteiger partial charge in [-0.3, -0.25) is 9.59 Å². The molecule has 4 rings (SSSR count). The first-order valence-corrected chi connectivity index (χ1v) is 11.8. The van der Waals surface area contributed by atoms with Gasteiger partial charge in [0, 0.05) is 23.6 Å². The molecule has 2 aromatic carbocycles. The Morgan fingerprint density at radius 2 is 1.91 bits per heavy atom. The molecular formula is C24H26N4O4S. The van der Waals surface area contributed by atoms with Crippen molar-refractivity contribution >= 4 is 29.4 Å². The number of thioether (sulfide) groups is 1. The third kappa shape index (κ3) is 5.31. The molecule has 0 saturated heterocycles. The van der Waals surface area contributed by atoms with E-state index in [1.165, 1.54) is 0 Å². The van der Waals surface area contributed by atoms with Crippen molar-refractivity contribution in [3.05, 3.63) is 70.9 Å². The van der Waals surface area contributed by atoms with Gasteiger partial charge in [-0.15, -0.1) is 0 Å². The second-order valence-corrected chi connectivity index (χ2v) is 8.42. The van der Waals surface area contributed by atoms with Crippen molar-refractivity contribution in [2.24, 2.45) is 0 Å². The number of nitrogens with zero attached hydrogens (tertiary/aromatic N) is 2. The van der Waals surface area contributed by atoms with E-state index in [1.54, 1.807) is 41.8 Å². The highest BCUT2D eigenvalue weighted by Gasteiger charge is 2.26. The molecule has 0 fully saturated rings. The first-order valence-electron chi connectivity index (χ1n) is 10.7. The Kier molecular flexibility index (Phi) is 7.19. The van der Waals surface area contributed by atoms with E-state index in [1.807, 2.05) is 37.3 Å². The highest BCUT2D eigenvalue weighted by atomic mass is 32.2. The molecule has 0 bridgehead atoms. The highest BCUT2D eigenvalue weighted by Crippen LogP contribution is 2.35. The van der Waals surface area contributed by atoms with Crippen LogP contribution in [0.3, 0.4) is 0 Å². The average molecular weight is 467 g/mol. The fourth-order valence-corrected chi connectivity index (χ4v) is 4.60. The van der Waals surface area contributed by atoms with Crippen LogP contribution in [0.2, 0.25) is 0 Å². The van der Waals surface area contributed by atoms with E-state index < -0.39 is 0 Å². The third-order valence-corrected chi connectivity index (χ3v) is 6.19. The lowest BCUT2D eigenvalue weighted by molar-refractivity contribution is -0.122. The Labute approximate surface area is 196 Å². The lowest BCUT2D eigenvalue weighted by atomic mass is 10.2. The Morgan fingerprint density at radius 3 is 2.67 bits per heavy atom. The van der Waals surface area contributed by atoms with Gasteiger partial charge in [0.15, 0.2) is 0 Å². The predicted octanol–water partition coefficient (Wildman–Crippen LogP) is 3.61. The number of hydrogen-bond acceptors (Lipinski definition) is 6. The van der Waals surface area contributed by atoms with Gasteiger partial charge >= 0.3 is 0 Å². The Morgan fingerprint density at radius 1 is 1.12 bits per heavy atom. The molecule has 2 amide bonds. The van der Waals surface area contributed by atoms with Gasteiger partial charge in [-0.2, -0.15) is 16.9 Å². The van der Waals surface area contributed by atoms with Crippen LogP contribution in [0, 0.1) is 0 Å². The lowest BCUT2D eigenvalue weighted by Gasteiger charge is -2.13. The van der Waals surface area contributed by atoms with E-state index in [-0.39, 0.29) is 18.4 Å². The van der Waals surface area contributed by atoms with Gasteiger partial charge in [-0.1, -0.05) is 24.3 Å². The molecule has 0 saturated carbocycles. The van der Waals surface area contributed by atoms with E-state index in [2.05, 4.69) is 15.7 Å². The zero-order valence-corrected chi connectivity index (χ0v) is 19.4. The van der Waals surface area contributed by atoms with E-state index in [0.717, 1.165) is 34.1 Å². The third-order valence-electron chi connectivity index (χ3n) is 5.22. The molecule has 172 valence electrons. The topological polar surface area (TPSA) is 94.5 Å². The molecule has 9 heteroatoms. The minimum atomic E-state index is -0.293. The second-order valence-electron chi connectivity index (χ2n) is 7.43. The molecule has 8 nitrogen and oxygen atoms in total. The standard InChI is InChI=1S/C24H26N4O4S/c1-3-32-21-7-5-4-6-18(21)24(30)26-23-19-14-33-15-20(19)27-28(23)13-22(29)25-12-16-8-10-17(31-2)11-9-16/h4-11H,3,12-15H2,1-2H3,(H,25,29)(H,26,30). The second kappa shape index (κ2) is 10.4. The van der Waals surface area contributed by atoms with Crippen LogP contribution >= 0.6 is 11.8 Å². The van der Waals surface area contributed by atoms with Crippen molar-refractivity contribution in [3.63, 3.8) is 0 Å². The summed E-state index contributed by atoms with van der Waals surface area (Å²) in [4.78, 5) is 25.7. The molecule has 2 N–H and O–H groups in total. The first-order chi connectivity index (χ1) is 16.1. The molecule has 1 aliphatic heterocycles. The molecule has 0 radical (unpaired) electrons. The number of benzene rings is 2. The highest BCUT2D eigenvalue weighted by molar-refractivity contribution is 7.98. The van der Waals surface area contributed by atoms with E-state index in [0.29, 0.717) is 30.3 Å². The number of methoxy groups -OCH3 is 1. The molecule has 0 aliphatic carbocycles. The predicted molar refractivity (Wildman–Crippen MR) is 128 cm³/mol. The van der Waals surface area contributed by atoms with Crippen LogP contribution in [0.1, 0.15) is 34.1 Å². The number of ether oxygens (including phenoxy) is 2. The van der Waals surface area contributed by atoms with Crippen LogP contribution in [0.15, 0.2) is 48.5 Å². The molecule has 0 atom stereocenters. The first kappa shape index (κ1) is 22.7. The summed E-state index contributed by atoms with van der Waals surface area (Å²) in [6.07, 6.45) is 0. The number of para-hydroxylation sites is 1. The molecule has 3 aromatic rings. The van der Waals surface area contributed by atoms with Gasteiger partial charge in [-0.05, 0) is 36.8 Å². The van der Waals surface area contributed by atoms with Gasteiger partial charge in [0.2, 0.25) is 5.91 Å². The maximum absolute atomic E-state index is 13.1.